The molecule has 15 heavy (non-hydrogen) atoms. The van der Waals surface area contributed by atoms with Crippen molar-refractivity contribution in [3.8, 4) is 5.69 Å². The highest BCUT2D eigenvalue weighted by molar-refractivity contribution is 5.32. The maximum atomic E-state index is 11.5. The Morgan fingerprint density at radius 2 is 2.07 bits per heavy atom. The van der Waals surface area contributed by atoms with E-state index in [1.54, 1.807) is 0 Å². The van der Waals surface area contributed by atoms with Gasteiger partial charge >= 0.3 is 5.69 Å². The highest BCUT2D eigenvalue weighted by atomic mass is 16.1. The maximum absolute atomic E-state index is 11.5. The van der Waals surface area contributed by atoms with Crippen LogP contribution in [0.15, 0.2) is 35.1 Å². The van der Waals surface area contributed by atoms with Gasteiger partial charge in [-0.25, -0.2) is 14.5 Å². The zero-order chi connectivity index (χ0) is 10.7. The molecule has 0 spiro atoms. The fourth-order valence-electron chi connectivity index (χ4n) is 1.47. The number of aromatic nitrogens is 3. The molecule has 0 unspecified atom stereocenters. The Hall–Kier alpha value is -1.88. The molecule has 1 aromatic carbocycles. The Kier molecular flexibility index (Phi) is 2.64. The molecule has 0 aliphatic heterocycles. The molecule has 0 bridgehead atoms. The summed E-state index contributed by atoms with van der Waals surface area (Å²) in [5.74, 6) is 0.661. The van der Waals surface area contributed by atoms with Gasteiger partial charge in [-0.05, 0) is 18.7 Å². The molecule has 1 heterocycles. The van der Waals surface area contributed by atoms with Gasteiger partial charge < -0.3 is 5.73 Å². The minimum Gasteiger partial charge on any atom is -0.330 e. The molecule has 0 aliphatic carbocycles. The standard InChI is InChI=1S/C10H12N4O/c11-7-6-9-12-13-10(15)14(9)8-4-2-1-3-5-8/h1-5H,6-7,11H2,(H,13,15). The number of aromatic amines is 1. The molecule has 0 amide bonds. The van der Waals surface area contributed by atoms with E-state index in [1.165, 1.54) is 4.57 Å². The second kappa shape index (κ2) is 4.10. The van der Waals surface area contributed by atoms with Crippen molar-refractivity contribution >= 4 is 0 Å². The minimum absolute atomic E-state index is 0.232. The lowest BCUT2D eigenvalue weighted by molar-refractivity contribution is 0.824. The molecular weight excluding hydrogens is 192 g/mol. The molecule has 0 fully saturated rings. The third-order valence-electron chi connectivity index (χ3n) is 2.12. The fourth-order valence-corrected chi connectivity index (χ4v) is 1.47. The van der Waals surface area contributed by atoms with Gasteiger partial charge in [-0.15, -0.1) is 0 Å². The molecule has 0 radical (unpaired) electrons. The van der Waals surface area contributed by atoms with E-state index in [0.717, 1.165) is 5.69 Å². The lowest BCUT2D eigenvalue weighted by Gasteiger charge is -2.03. The summed E-state index contributed by atoms with van der Waals surface area (Å²) in [6.07, 6.45) is 0.577. The highest BCUT2D eigenvalue weighted by Crippen LogP contribution is 2.05. The number of H-pyrrole nitrogens is 1. The summed E-state index contributed by atoms with van der Waals surface area (Å²) in [6, 6.07) is 9.37. The number of nitrogens with two attached hydrogens (primary N) is 1. The summed E-state index contributed by atoms with van der Waals surface area (Å²) >= 11 is 0. The van der Waals surface area contributed by atoms with Crippen LogP contribution < -0.4 is 11.4 Å². The molecule has 2 rings (SSSR count). The van der Waals surface area contributed by atoms with Crippen LogP contribution in [0.1, 0.15) is 5.82 Å². The average molecular weight is 204 g/mol. The average Bonchev–Trinajstić information content (AvgIpc) is 2.62. The van der Waals surface area contributed by atoms with Gasteiger partial charge in [0.2, 0.25) is 0 Å². The minimum atomic E-state index is -0.232. The van der Waals surface area contributed by atoms with Gasteiger partial charge in [0.05, 0.1) is 5.69 Å². The first-order valence-corrected chi connectivity index (χ1v) is 4.74. The summed E-state index contributed by atoms with van der Waals surface area (Å²) in [6.45, 7) is 0.469. The van der Waals surface area contributed by atoms with E-state index in [9.17, 15) is 4.79 Å². The van der Waals surface area contributed by atoms with Crippen LogP contribution in [0.2, 0.25) is 0 Å². The van der Waals surface area contributed by atoms with Crippen molar-refractivity contribution in [3.63, 3.8) is 0 Å². The maximum Gasteiger partial charge on any atom is 0.347 e. The molecule has 5 nitrogen and oxygen atoms in total. The SMILES string of the molecule is NCCc1n[nH]c(=O)n1-c1ccccc1. The van der Waals surface area contributed by atoms with Crippen LogP contribution in [-0.4, -0.2) is 21.3 Å². The van der Waals surface area contributed by atoms with E-state index in [0.29, 0.717) is 18.8 Å². The number of hydrogen-bond donors (Lipinski definition) is 2. The summed E-state index contributed by atoms with van der Waals surface area (Å²) in [4.78, 5) is 11.5. The van der Waals surface area contributed by atoms with Crippen molar-refractivity contribution in [2.75, 3.05) is 6.54 Å². The van der Waals surface area contributed by atoms with Gasteiger partial charge in [0.25, 0.3) is 0 Å². The zero-order valence-corrected chi connectivity index (χ0v) is 8.18. The number of hydrogen-bond acceptors (Lipinski definition) is 3. The van der Waals surface area contributed by atoms with Crippen LogP contribution in [0.5, 0.6) is 0 Å². The first-order valence-electron chi connectivity index (χ1n) is 4.74. The molecule has 0 saturated heterocycles. The smallest absolute Gasteiger partial charge is 0.330 e. The largest absolute Gasteiger partial charge is 0.347 e. The fraction of sp³-hybridized carbons (Fsp3) is 0.200. The van der Waals surface area contributed by atoms with E-state index in [2.05, 4.69) is 10.2 Å². The monoisotopic (exact) mass is 204 g/mol. The van der Waals surface area contributed by atoms with Crippen molar-refractivity contribution < 1.29 is 0 Å². The predicted octanol–water partition coefficient (Wildman–Crippen LogP) is 0.0618. The van der Waals surface area contributed by atoms with Crippen LogP contribution >= 0.6 is 0 Å². The lowest BCUT2D eigenvalue weighted by Crippen LogP contribution is -2.18. The van der Waals surface area contributed by atoms with Gasteiger partial charge in [-0.1, -0.05) is 18.2 Å². The van der Waals surface area contributed by atoms with Crippen molar-refractivity contribution in [1.29, 1.82) is 0 Å². The van der Waals surface area contributed by atoms with Crippen molar-refractivity contribution in [2.24, 2.45) is 5.73 Å². The van der Waals surface area contributed by atoms with Crippen LogP contribution in [0.25, 0.3) is 5.69 Å². The quantitative estimate of drug-likeness (QED) is 0.742. The van der Waals surface area contributed by atoms with Gasteiger partial charge in [-0.3, -0.25) is 0 Å². The zero-order valence-electron chi connectivity index (χ0n) is 8.18. The first-order chi connectivity index (χ1) is 7.33. The molecule has 5 heteroatoms. The second-order valence-corrected chi connectivity index (χ2v) is 3.15. The van der Waals surface area contributed by atoms with E-state index in [4.69, 9.17) is 5.73 Å². The molecule has 2 aromatic rings. The molecule has 3 N–H and O–H groups in total. The van der Waals surface area contributed by atoms with Crippen molar-refractivity contribution in [1.82, 2.24) is 14.8 Å². The number of nitrogens with one attached hydrogen (secondary N) is 1. The summed E-state index contributed by atoms with van der Waals surface area (Å²) < 4.78 is 1.53. The molecule has 0 aliphatic rings. The van der Waals surface area contributed by atoms with Crippen LogP contribution in [0, 0.1) is 0 Å². The van der Waals surface area contributed by atoms with Gasteiger partial charge in [-0.2, -0.15) is 5.10 Å². The van der Waals surface area contributed by atoms with E-state index >= 15 is 0 Å². The molecule has 0 atom stereocenters. The summed E-state index contributed by atoms with van der Waals surface area (Å²) in [5.41, 5.74) is 6.02. The van der Waals surface area contributed by atoms with Crippen LogP contribution in [0.4, 0.5) is 0 Å². The van der Waals surface area contributed by atoms with Crippen LogP contribution in [0.3, 0.4) is 0 Å². The van der Waals surface area contributed by atoms with Crippen LogP contribution in [-0.2, 0) is 6.42 Å². The van der Waals surface area contributed by atoms with E-state index in [-0.39, 0.29) is 5.69 Å². The van der Waals surface area contributed by atoms with Crippen molar-refractivity contribution in [2.45, 2.75) is 6.42 Å². The molecular formula is C10H12N4O. The Morgan fingerprint density at radius 3 is 2.73 bits per heavy atom. The summed E-state index contributed by atoms with van der Waals surface area (Å²) in [5, 5.41) is 6.35. The molecule has 0 saturated carbocycles. The van der Waals surface area contributed by atoms with Gasteiger partial charge in [0.15, 0.2) is 0 Å². The second-order valence-electron chi connectivity index (χ2n) is 3.15. The summed E-state index contributed by atoms with van der Waals surface area (Å²) in [7, 11) is 0. The number of benzene rings is 1. The lowest BCUT2D eigenvalue weighted by atomic mass is 10.3. The topological polar surface area (TPSA) is 76.7 Å². The van der Waals surface area contributed by atoms with Crippen molar-refractivity contribution in [3.05, 3.63) is 46.6 Å². The molecule has 1 aromatic heterocycles. The molecule has 78 valence electrons. The normalized spacial score (nSPS) is 10.5. The Bertz CT molecular complexity index is 486. The van der Waals surface area contributed by atoms with E-state index < -0.39 is 0 Å². The van der Waals surface area contributed by atoms with Gasteiger partial charge in [0.1, 0.15) is 5.82 Å². The van der Waals surface area contributed by atoms with Gasteiger partial charge in [0, 0.05) is 6.42 Å². The van der Waals surface area contributed by atoms with E-state index in [1.807, 2.05) is 30.3 Å². The Morgan fingerprint density at radius 1 is 1.33 bits per heavy atom. The number of rotatable bonds is 3. The number of para-hydroxylation sites is 1. The third kappa shape index (κ3) is 1.82. The Labute approximate surface area is 86.5 Å². The Balaban J connectivity index is 2.52. The number of nitrogens with zero attached hydrogens (tertiary/aromatic N) is 2. The third-order valence-corrected chi connectivity index (χ3v) is 2.12. The predicted molar refractivity (Wildman–Crippen MR) is 56.9 cm³/mol. The first kappa shape index (κ1) is 9.67. The highest BCUT2D eigenvalue weighted by Gasteiger charge is 2.08.